The van der Waals surface area contributed by atoms with Crippen LogP contribution >= 0.6 is 11.3 Å². The second-order valence-corrected chi connectivity index (χ2v) is 19.9. The van der Waals surface area contributed by atoms with E-state index in [1.54, 1.807) is 7.11 Å². The Bertz CT molecular complexity index is 2370. The molecule has 6 bridgehead atoms. The molecule has 13 nitrogen and oxygen atoms in total. The van der Waals surface area contributed by atoms with Crippen molar-refractivity contribution in [1.29, 1.82) is 0 Å². The summed E-state index contributed by atoms with van der Waals surface area (Å²) >= 11 is 1.39. The zero-order chi connectivity index (χ0) is 44.2. The molecule has 4 aromatic rings. The van der Waals surface area contributed by atoms with Crippen molar-refractivity contribution in [3.05, 3.63) is 52.1 Å². The molecule has 16 heteroatoms. The Balaban J connectivity index is 1.14. The molecule has 63 heavy (non-hydrogen) atoms. The van der Waals surface area contributed by atoms with Crippen LogP contribution in [0.2, 0.25) is 0 Å². The van der Waals surface area contributed by atoms with Crippen LogP contribution in [0.15, 0.2) is 35.8 Å². The maximum Gasteiger partial charge on any atom is 0.324 e. The van der Waals surface area contributed by atoms with E-state index in [0.29, 0.717) is 43.4 Å². The fourth-order valence-electron chi connectivity index (χ4n) is 10.2. The third kappa shape index (κ3) is 8.84. The lowest BCUT2D eigenvalue weighted by Gasteiger charge is -2.45. The molecule has 0 spiro atoms. The van der Waals surface area contributed by atoms with Gasteiger partial charge in [-0.3, -0.25) is 29.3 Å². The topological polar surface area (TPSA) is 134 Å². The molecule has 0 radical (unpaired) electrons. The largest absolute Gasteiger partial charge is 0.464 e. The number of ether oxygens (including phenoxy) is 2. The van der Waals surface area contributed by atoms with Gasteiger partial charge in [-0.25, -0.2) is 19.2 Å². The molecular weight excluding hydrogens is 827 g/mol. The lowest BCUT2D eigenvalue weighted by atomic mass is 9.84. The van der Waals surface area contributed by atoms with Crippen molar-refractivity contribution in [2.24, 2.45) is 17.3 Å². The van der Waals surface area contributed by atoms with E-state index in [1.165, 1.54) is 42.2 Å². The highest BCUT2D eigenvalue weighted by atomic mass is 32.1. The first kappa shape index (κ1) is 43.7. The molecular formula is C47H60F2N8O5S. The fraction of sp³-hybridized carbons (Fsp3) is 0.596. The Labute approximate surface area is 371 Å². The maximum atomic E-state index is 14.2. The monoisotopic (exact) mass is 886 g/mol. The predicted octanol–water partition coefficient (Wildman–Crippen LogP) is 6.78. The molecule has 2 amide bonds. The van der Waals surface area contributed by atoms with Gasteiger partial charge < -0.3 is 24.3 Å². The number of alkyl halides is 2. The lowest BCUT2D eigenvalue weighted by Crippen LogP contribution is -2.60. The minimum absolute atomic E-state index is 0.0617. The van der Waals surface area contributed by atoms with Crippen molar-refractivity contribution in [1.82, 2.24) is 35.2 Å². The summed E-state index contributed by atoms with van der Waals surface area (Å²) in [6, 6.07) is 7.39. The van der Waals surface area contributed by atoms with Crippen LogP contribution in [0.1, 0.15) is 88.6 Å². The minimum Gasteiger partial charge on any atom is -0.464 e. The quantitative estimate of drug-likeness (QED) is 0.183. The Hall–Kier alpha value is -4.51. The number of esters is 1. The van der Waals surface area contributed by atoms with Gasteiger partial charge in [0.25, 0.3) is 5.91 Å². The summed E-state index contributed by atoms with van der Waals surface area (Å²) in [7, 11) is 1.72. The van der Waals surface area contributed by atoms with E-state index in [9.17, 15) is 23.2 Å². The van der Waals surface area contributed by atoms with Crippen molar-refractivity contribution >= 4 is 45.7 Å². The van der Waals surface area contributed by atoms with E-state index < -0.39 is 53.5 Å². The number of hydrazine groups is 1. The van der Waals surface area contributed by atoms with Crippen LogP contribution < -0.4 is 15.6 Å². The third-order valence-electron chi connectivity index (χ3n) is 13.9. The Morgan fingerprint density at radius 3 is 2.73 bits per heavy atom. The Morgan fingerprint density at radius 2 is 1.95 bits per heavy atom. The van der Waals surface area contributed by atoms with Crippen LogP contribution in [-0.4, -0.2) is 113 Å². The number of hydrogen-bond donors (Lipinski definition) is 2. The smallest absolute Gasteiger partial charge is 0.324 e. The molecule has 1 unspecified atom stereocenters. The number of piperazine rings is 1. The second kappa shape index (κ2) is 17.8. The van der Waals surface area contributed by atoms with Crippen molar-refractivity contribution in [2.45, 2.75) is 116 Å². The second-order valence-electron chi connectivity index (χ2n) is 18.9. The van der Waals surface area contributed by atoms with Crippen LogP contribution in [0.3, 0.4) is 0 Å². The van der Waals surface area contributed by atoms with E-state index in [1.807, 2.05) is 18.5 Å². The number of aryl methyl sites for hydroxylation is 1. The number of hydrogen-bond acceptors (Lipinski definition) is 11. The normalized spacial score (nSPS) is 26.0. The summed E-state index contributed by atoms with van der Waals surface area (Å²) in [6.07, 6.45) is 4.58. The van der Waals surface area contributed by atoms with Crippen LogP contribution in [0.4, 0.5) is 14.5 Å². The number of benzene rings is 1. The molecule has 5 aliphatic rings. The number of rotatable bonds is 8. The van der Waals surface area contributed by atoms with Gasteiger partial charge in [0.2, 0.25) is 12.3 Å². The number of methoxy groups -OCH3 is 1. The van der Waals surface area contributed by atoms with E-state index in [0.717, 1.165) is 70.0 Å². The molecule has 338 valence electrons. The van der Waals surface area contributed by atoms with Gasteiger partial charge in [-0.2, -0.15) is 0 Å². The number of pyridine rings is 1. The maximum absolute atomic E-state index is 14.2. The number of carbonyl (C=O) groups is 3. The van der Waals surface area contributed by atoms with Gasteiger partial charge in [0.1, 0.15) is 12.1 Å². The average molecular weight is 887 g/mol. The highest BCUT2D eigenvalue weighted by Gasteiger charge is 2.50. The van der Waals surface area contributed by atoms with E-state index in [4.69, 9.17) is 19.4 Å². The van der Waals surface area contributed by atoms with E-state index >= 15 is 0 Å². The average Bonchev–Trinajstić information content (AvgIpc) is 3.89. The van der Waals surface area contributed by atoms with E-state index in [-0.39, 0.29) is 25.6 Å². The lowest BCUT2D eigenvalue weighted by molar-refractivity contribution is -0.155. The third-order valence-corrected chi connectivity index (χ3v) is 14.8. The Kier molecular flexibility index (Phi) is 12.4. The van der Waals surface area contributed by atoms with E-state index in [2.05, 4.69) is 70.1 Å². The molecule has 2 N–H and O–H groups in total. The first-order valence-electron chi connectivity index (χ1n) is 22.8. The molecule has 1 aromatic carbocycles. The highest BCUT2D eigenvalue weighted by molar-refractivity contribution is 7.10. The van der Waals surface area contributed by atoms with Gasteiger partial charge in [-0.05, 0) is 82.7 Å². The number of fused-ring (bicyclic) bond motifs is 7. The van der Waals surface area contributed by atoms with Gasteiger partial charge in [0, 0.05) is 97.0 Å². The van der Waals surface area contributed by atoms with Crippen molar-refractivity contribution in [3.8, 4) is 22.5 Å². The molecule has 4 aliphatic heterocycles. The molecule has 3 saturated heterocycles. The summed E-state index contributed by atoms with van der Waals surface area (Å²) in [5.74, 6) is -3.35. The summed E-state index contributed by atoms with van der Waals surface area (Å²) < 4.78 is 41.4. The summed E-state index contributed by atoms with van der Waals surface area (Å²) in [5, 5.41) is 7.79. The van der Waals surface area contributed by atoms with Gasteiger partial charge in [-0.15, -0.1) is 11.3 Å². The molecule has 3 aromatic heterocycles. The zero-order valence-corrected chi connectivity index (χ0v) is 37.8. The molecule has 1 saturated carbocycles. The van der Waals surface area contributed by atoms with Crippen molar-refractivity contribution in [2.75, 3.05) is 51.3 Å². The zero-order valence-electron chi connectivity index (χ0n) is 37.0. The number of piperidine rings is 1. The van der Waals surface area contributed by atoms with Gasteiger partial charge in [0.05, 0.1) is 46.7 Å². The molecule has 1 aliphatic carbocycles. The van der Waals surface area contributed by atoms with Gasteiger partial charge >= 0.3 is 5.97 Å². The van der Waals surface area contributed by atoms with Crippen LogP contribution in [0.25, 0.3) is 33.4 Å². The molecule has 9 rings (SSSR count). The number of cyclic esters (lactones) is 1. The van der Waals surface area contributed by atoms with Crippen LogP contribution in [0, 0.1) is 17.3 Å². The van der Waals surface area contributed by atoms with Crippen LogP contribution in [0.5, 0.6) is 0 Å². The molecule has 6 atom stereocenters. The molecule has 4 fully saturated rings. The number of aromatic nitrogens is 3. The number of anilines is 1. The fourth-order valence-corrected chi connectivity index (χ4v) is 11.1. The first-order valence-corrected chi connectivity index (χ1v) is 23.6. The van der Waals surface area contributed by atoms with Crippen molar-refractivity contribution in [3.63, 3.8) is 0 Å². The van der Waals surface area contributed by atoms with Crippen molar-refractivity contribution < 1.29 is 32.6 Å². The number of nitrogens with one attached hydrogen (secondary N) is 2. The number of nitrogens with zero attached hydrogens (tertiary/aromatic N) is 6. The number of halogens is 2. The summed E-state index contributed by atoms with van der Waals surface area (Å²) in [6.45, 7) is 13.7. The summed E-state index contributed by atoms with van der Waals surface area (Å²) in [5.41, 5.74) is 10.4. The highest BCUT2D eigenvalue weighted by Crippen LogP contribution is 2.45. The number of carbonyl (C=O) groups excluding carboxylic acids is 3. The first-order chi connectivity index (χ1) is 30.3. The van der Waals surface area contributed by atoms with Crippen LogP contribution in [-0.2, 0) is 43.2 Å². The number of amides is 2. The van der Waals surface area contributed by atoms with Gasteiger partial charge in [-0.1, -0.05) is 26.3 Å². The minimum atomic E-state index is -2.60. The van der Waals surface area contributed by atoms with Gasteiger partial charge in [0.15, 0.2) is 0 Å². The summed E-state index contributed by atoms with van der Waals surface area (Å²) in [4.78, 5) is 56.6. The predicted molar refractivity (Wildman–Crippen MR) is 238 cm³/mol. The standard InChI is InChI=1S/C47H60F2N8O5S/c1-6-56-39-13-12-28-18-31(39)35(42(56)34-19-30(23-50-41(34)27(2)61-5)55-17-16-54-14-8-7-10-29(54)24-55)22-47(3,4)26-62-46(60)36-11-9-15-57(53-36)45(59)37(21-40-51-38(28)25-63-40)52-44(58)33-20-32(33)43(48)49/h12-13,18-19,23,25,27,29,32-33,36-37,43,53H,6-11,14-17,20-22,24,26H2,1-5H3,(H,52,58)/t27-,29+,32?,33-,36-,37-/m0/s1. The molecule has 7 heterocycles. The Morgan fingerprint density at radius 1 is 1.11 bits per heavy atom. The SMILES string of the molecule is CCn1c(-c2cc(N3CCN4CCCC[C@@H]4C3)cnc2[C@H](C)OC)c2c3cc(ccc31)-c1csc(n1)C[C@H](NC(=O)[C@H]1CC1C(F)F)C(=O)N1CCC[C@H](N1)C(=O)OCC(C)(C)C2. The number of thiazole rings is 1.